The summed E-state index contributed by atoms with van der Waals surface area (Å²) in [6.45, 7) is -2.90. The molecule has 0 saturated carbocycles. The van der Waals surface area contributed by atoms with E-state index in [1.807, 2.05) is 0 Å². The molecule has 0 fully saturated rings. The number of amides is 1. The monoisotopic (exact) mass is 364 g/mol. The molecule has 1 N–H and O–H groups in total. The van der Waals surface area contributed by atoms with Crippen molar-refractivity contribution in [1.82, 2.24) is 0 Å². The molecule has 0 bridgehead atoms. The zero-order valence-corrected chi connectivity index (χ0v) is 13.5. The lowest BCUT2D eigenvalue weighted by Crippen LogP contribution is -2.09. The van der Waals surface area contributed by atoms with E-state index in [0.717, 1.165) is 0 Å². The maximum Gasteiger partial charge on any atom is 0.387 e. The van der Waals surface area contributed by atoms with Gasteiger partial charge in [-0.15, -0.1) is 0 Å². The van der Waals surface area contributed by atoms with Gasteiger partial charge in [-0.05, 0) is 29.8 Å². The molecule has 0 spiro atoms. The quantitative estimate of drug-likeness (QED) is 0.458. The zero-order valence-electron chi connectivity index (χ0n) is 13.5. The van der Waals surface area contributed by atoms with Crippen molar-refractivity contribution in [3.63, 3.8) is 0 Å². The third-order valence-corrected chi connectivity index (χ3v) is 3.19. The number of nitro groups is 1. The smallest absolute Gasteiger partial charge is 0.387 e. The number of carbonyl (C=O) groups is 1. The predicted octanol–water partition coefficient (Wildman–Crippen LogP) is 3.86. The first kappa shape index (κ1) is 18.8. The molecule has 7 nitrogen and oxygen atoms in total. The summed E-state index contributed by atoms with van der Waals surface area (Å²) in [5.74, 6) is -0.336. The molecule has 136 valence electrons. The Hall–Kier alpha value is -3.49. The SMILES string of the molecule is COc1cc([N+](=O)[O-])ccc1NC(=O)/C=C/c1ccc(OC(F)F)cc1. The minimum atomic E-state index is -2.90. The van der Waals surface area contributed by atoms with Gasteiger partial charge in [0, 0.05) is 12.1 Å². The van der Waals surface area contributed by atoms with Gasteiger partial charge < -0.3 is 14.8 Å². The summed E-state index contributed by atoms with van der Waals surface area (Å²) in [6, 6.07) is 9.51. The lowest BCUT2D eigenvalue weighted by atomic mass is 10.2. The molecule has 1 amide bonds. The molecule has 0 saturated heterocycles. The molecule has 0 atom stereocenters. The standard InChI is InChI=1S/C17H14F2N2O5/c1-25-15-10-12(21(23)24)5-8-14(15)20-16(22)9-4-11-2-6-13(7-3-11)26-17(18)19/h2-10,17H,1H3,(H,20,22)/b9-4+. The van der Waals surface area contributed by atoms with Gasteiger partial charge in [0.15, 0.2) is 0 Å². The number of hydrogen-bond acceptors (Lipinski definition) is 5. The van der Waals surface area contributed by atoms with Crippen molar-refractivity contribution >= 4 is 23.4 Å². The number of non-ortho nitro benzene ring substituents is 1. The van der Waals surface area contributed by atoms with Crippen LogP contribution in [0.4, 0.5) is 20.2 Å². The lowest BCUT2D eigenvalue weighted by Gasteiger charge is -2.08. The molecule has 0 aliphatic rings. The van der Waals surface area contributed by atoms with Crippen molar-refractivity contribution in [1.29, 1.82) is 0 Å². The molecule has 9 heteroatoms. The highest BCUT2D eigenvalue weighted by molar-refractivity contribution is 6.02. The van der Waals surface area contributed by atoms with Crippen LogP contribution in [0.2, 0.25) is 0 Å². The van der Waals surface area contributed by atoms with Crippen LogP contribution >= 0.6 is 0 Å². The normalized spacial score (nSPS) is 10.8. The van der Waals surface area contributed by atoms with Crippen LogP contribution in [0.1, 0.15) is 5.56 Å². The first-order chi connectivity index (χ1) is 12.4. The maximum atomic E-state index is 12.1. The van der Waals surface area contributed by atoms with Crippen molar-refractivity contribution in [2.45, 2.75) is 6.61 Å². The Labute approximate surface area is 147 Å². The number of methoxy groups -OCH3 is 1. The number of benzene rings is 2. The molecule has 0 unspecified atom stereocenters. The Morgan fingerprint density at radius 2 is 1.92 bits per heavy atom. The second-order valence-corrected chi connectivity index (χ2v) is 4.91. The molecule has 0 aliphatic carbocycles. The van der Waals surface area contributed by atoms with Crippen molar-refractivity contribution in [2.24, 2.45) is 0 Å². The molecular formula is C17H14F2N2O5. The fraction of sp³-hybridized carbons (Fsp3) is 0.118. The highest BCUT2D eigenvalue weighted by Gasteiger charge is 2.12. The third kappa shape index (κ3) is 5.26. The van der Waals surface area contributed by atoms with E-state index in [4.69, 9.17) is 4.74 Å². The molecule has 2 rings (SSSR count). The van der Waals surface area contributed by atoms with Crippen molar-refractivity contribution < 1.29 is 28.0 Å². The number of hydrogen-bond donors (Lipinski definition) is 1. The number of nitrogens with one attached hydrogen (secondary N) is 1. The van der Waals surface area contributed by atoms with Crippen LogP contribution in [-0.2, 0) is 4.79 Å². The van der Waals surface area contributed by atoms with Crippen LogP contribution in [0.5, 0.6) is 11.5 Å². The Kier molecular flexibility index (Phi) is 6.20. The number of anilines is 1. The van der Waals surface area contributed by atoms with Gasteiger partial charge in [-0.1, -0.05) is 12.1 Å². The summed E-state index contributed by atoms with van der Waals surface area (Å²) < 4.78 is 33.4. The van der Waals surface area contributed by atoms with Gasteiger partial charge in [0.2, 0.25) is 5.91 Å². The minimum Gasteiger partial charge on any atom is -0.494 e. The number of nitrogens with zero attached hydrogens (tertiary/aromatic N) is 1. The number of ether oxygens (including phenoxy) is 2. The number of rotatable bonds is 7. The van der Waals surface area contributed by atoms with Crippen LogP contribution in [0.3, 0.4) is 0 Å². The molecule has 0 aliphatic heterocycles. The topological polar surface area (TPSA) is 90.7 Å². The molecule has 2 aromatic rings. The Morgan fingerprint density at radius 1 is 1.23 bits per heavy atom. The maximum absolute atomic E-state index is 12.1. The first-order valence-corrected chi connectivity index (χ1v) is 7.25. The number of nitro benzene ring substituents is 1. The number of halogens is 2. The summed E-state index contributed by atoms with van der Waals surface area (Å²) in [6.07, 6.45) is 2.70. The zero-order chi connectivity index (χ0) is 19.1. The summed E-state index contributed by atoms with van der Waals surface area (Å²) >= 11 is 0. The minimum absolute atomic E-state index is 0.0113. The Balaban J connectivity index is 2.04. The van der Waals surface area contributed by atoms with Gasteiger partial charge in [0.25, 0.3) is 5.69 Å². The van der Waals surface area contributed by atoms with E-state index in [2.05, 4.69) is 10.1 Å². The summed E-state index contributed by atoms with van der Waals surface area (Å²) in [5.41, 5.74) is 0.701. The van der Waals surface area contributed by atoms with E-state index in [-0.39, 0.29) is 22.9 Å². The molecule has 2 aromatic carbocycles. The molecule has 26 heavy (non-hydrogen) atoms. The first-order valence-electron chi connectivity index (χ1n) is 7.25. The van der Waals surface area contributed by atoms with Gasteiger partial charge in [0.05, 0.1) is 23.8 Å². The van der Waals surface area contributed by atoms with E-state index < -0.39 is 17.4 Å². The summed E-state index contributed by atoms with van der Waals surface area (Å²) in [7, 11) is 1.33. The van der Waals surface area contributed by atoms with Gasteiger partial charge in [-0.3, -0.25) is 14.9 Å². The molecule has 0 radical (unpaired) electrons. The second-order valence-electron chi connectivity index (χ2n) is 4.91. The molecular weight excluding hydrogens is 350 g/mol. The summed E-state index contributed by atoms with van der Waals surface area (Å²) in [5, 5.41) is 13.3. The van der Waals surface area contributed by atoms with Crippen molar-refractivity contribution in [3.05, 3.63) is 64.2 Å². The largest absolute Gasteiger partial charge is 0.494 e. The van der Waals surface area contributed by atoms with Crippen LogP contribution in [-0.4, -0.2) is 24.6 Å². The van der Waals surface area contributed by atoms with E-state index in [1.54, 1.807) is 0 Å². The third-order valence-electron chi connectivity index (χ3n) is 3.19. The average Bonchev–Trinajstić information content (AvgIpc) is 2.60. The number of carbonyl (C=O) groups excluding carboxylic acids is 1. The predicted molar refractivity (Wildman–Crippen MR) is 90.4 cm³/mol. The highest BCUT2D eigenvalue weighted by atomic mass is 19.3. The van der Waals surface area contributed by atoms with E-state index in [0.29, 0.717) is 5.56 Å². The van der Waals surface area contributed by atoms with Crippen LogP contribution in [0, 0.1) is 10.1 Å². The Morgan fingerprint density at radius 3 is 2.50 bits per heavy atom. The van der Waals surface area contributed by atoms with Crippen molar-refractivity contribution in [2.75, 3.05) is 12.4 Å². The van der Waals surface area contributed by atoms with Crippen molar-refractivity contribution in [3.8, 4) is 11.5 Å². The molecule has 0 heterocycles. The van der Waals surface area contributed by atoms with E-state index in [1.165, 1.54) is 61.7 Å². The lowest BCUT2D eigenvalue weighted by molar-refractivity contribution is -0.384. The van der Waals surface area contributed by atoms with Crippen LogP contribution in [0.15, 0.2) is 48.5 Å². The molecule has 0 aromatic heterocycles. The second kappa shape index (κ2) is 8.56. The van der Waals surface area contributed by atoms with Gasteiger partial charge in [0.1, 0.15) is 11.5 Å². The average molecular weight is 364 g/mol. The van der Waals surface area contributed by atoms with E-state index in [9.17, 15) is 23.7 Å². The van der Waals surface area contributed by atoms with Crippen LogP contribution < -0.4 is 14.8 Å². The van der Waals surface area contributed by atoms with Gasteiger partial charge >= 0.3 is 6.61 Å². The van der Waals surface area contributed by atoms with Crippen LogP contribution in [0.25, 0.3) is 6.08 Å². The highest BCUT2D eigenvalue weighted by Crippen LogP contribution is 2.29. The Bertz CT molecular complexity index is 822. The van der Waals surface area contributed by atoms with E-state index >= 15 is 0 Å². The number of alkyl halides is 2. The summed E-state index contributed by atoms with van der Waals surface area (Å²) in [4.78, 5) is 22.1. The fourth-order valence-electron chi connectivity index (χ4n) is 2.00. The fourth-order valence-corrected chi connectivity index (χ4v) is 2.00. The van der Waals surface area contributed by atoms with Gasteiger partial charge in [-0.25, -0.2) is 0 Å². The van der Waals surface area contributed by atoms with Gasteiger partial charge in [-0.2, -0.15) is 8.78 Å².